The summed E-state index contributed by atoms with van der Waals surface area (Å²) < 4.78 is 51.6. The second-order valence-electron chi connectivity index (χ2n) is 2.51. The molecular formula is C8H4F4N2O2. The van der Waals surface area contributed by atoms with Crippen LogP contribution >= 0.6 is 0 Å². The normalized spacial score (nSPS) is 10.5. The maximum atomic E-state index is 13.0. The smallest absolute Gasteiger partial charge is 0.403 e. The predicted octanol–water partition coefficient (Wildman–Crippen LogP) is 2.39. The van der Waals surface area contributed by atoms with Gasteiger partial charge in [0.2, 0.25) is 0 Å². The number of carbonyl (C=O) groups excluding carboxylic acids is 1. The van der Waals surface area contributed by atoms with Crippen LogP contribution in [0.15, 0.2) is 23.3 Å². The molecule has 1 N–H and O–H groups in total. The summed E-state index contributed by atoms with van der Waals surface area (Å²) in [5, 5.41) is 2.90. The van der Waals surface area contributed by atoms with Gasteiger partial charge in [0.25, 0.3) is 6.08 Å². The lowest BCUT2D eigenvalue weighted by Gasteiger charge is -2.09. The fourth-order valence-corrected chi connectivity index (χ4v) is 0.865. The van der Waals surface area contributed by atoms with Crippen molar-refractivity contribution in [3.63, 3.8) is 0 Å². The maximum absolute atomic E-state index is 13.0. The molecule has 0 saturated heterocycles. The fourth-order valence-electron chi connectivity index (χ4n) is 0.865. The van der Waals surface area contributed by atoms with Gasteiger partial charge in [-0.15, -0.1) is 13.2 Å². The van der Waals surface area contributed by atoms with Crippen molar-refractivity contribution in [3.05, 3.63) is 24.0 Å². The Bertz CT molecular complexity index is 427. The van der Waals surface area contributed by atoms with Crippen molar-refractivity contribution < 1.29 is 27.1 Å². The first kappa shape index (κ1) is 12.0. The number of nitrogens with zero attached hydrogens (tertiary/aromatic N) is 1. The Morgan fingerprint density at radius 3 is 2.56 bits per heavy atom. The molecule has 0 saturated carbocycles. The number of anilines is 1. The summed E-state index contributed by atoms with van der Waals surface area (Å²) >= 11 is 0. The van der Waals surface area contributed by atoms with Gasteiger partial charge in [0, 0.05) is 6.07 Å². The van der Waals surface area contributed by atoms with Crippen LogP contribution in [0.25, 0.3) is 0 Å². The third-order valence-corrected chi connectivity index (χ3v) is 1.39. The van der Waals surface area contributed by atoms with E-state index in [-0.39, 0.29) is 5.69 Å². The first-order valence-electron chi connectivity index (χ1n) is 3.80. The Morgan fingerprint density at radius 2 is 2.06 bits per heavy atom. The zero-order valence-electron chi connectivity index (χ0n) is 7.51. The van der Waals surface area contributed by atoms with Gasteiger partial charge in [-0.05, 0) is 12.1 Å². The van der Waals surface area contributed by atoms with Crippen molar-refractivity contribution >= 4 is 11.8 Å². The minimum absolute atomic E-state index is 0.00428. The van der Waals surface area contributed by atoms with Gasteiger partial charge in [0.15, 0.2) is 11.6 Å². The Labute approximate surface area is 86.5 Å². The second kappa shape index (κ2) is 4.63. The molecule has 0 radical (unpaired) electrons. The molecule has 4 nitrogen and oxygen atoms in total. The predicted molar refractivity (Wildman–Crippen MR) is 44.8 cm³/mol. The number of hydrogen-bond acceptors (Lipinski definition) is 4. The monoisotopic (exact) mass is 236 g/mol. The first-order valence-corrected chi connectivity index (χ1v) is 3.80. The molecule has 8 heteroatoms. The highest BCUT2D eigenvalue weighted by Crippen LogP contribution is 2.27. The minimum atomic E-state index is -4.96. The average molecular weight is 236 g/mol. The van der Waals surface area contributed by atoms with Crippen LogP contribution in [-0.4, -0.2) is 12.4 Å². The van der Waals surface area contributed by atoms with Gasteiger partial charge in [0.1, 0.15) is 0 Å². The van der Waals surface area contributed by atoms with E-state index in [4.69, 9.17) is 0 Å². The van der Waals surface area contributed by atoms with E-state index in [9.17, 15) is 22.4 Å². The molecule has 0 fully saturated rings. The van der Waals surface area contributed by atoms with Crippen molar-refractivity contribution in [1.82, 2.24) is 0 Å². The molecular weight excluding hydrogens is 232 g/mol. The standard InChI is InChI=1S/C8H4F4N2O2/c9-6-3-5(14-13-4-15)1-2-7(6)16-8(10,11)12/h1-3,14H. The van der Waals surface area contributed by atoms with Crippen molar-refractivity contribution in [2.45, 2.75) is 6.36 Å². The highest BCUT2D eigenvalue weighted by Gasteiger charge is 2.32. The lowest BCUT2D eigenvalue weighted by Crippen LogP contribution is -2.17. The van der Waals surface area contributed by atoms with Gasteiger partial charge < -0.3 is 4.74 Å². The van der Waals surface area contributed by atoms with Crippen LogP contribution in [0.3, 0.4) is 0 Å². The van der Waals surface area contributed by atoms with E-state index in [0.29, 0.717) is 6.07 Å². The summed E-state index contributed by atoms with van der Waals surface area (Å²) in [6.45, 7) is 0. The number of benzene rings is 1. The molecule has 16 heavy (non-hydrogen) atoms. The van der Waals surface area contributed by atoms with Crippen molar-refractivity contribution in [2.75, 3.05) is 5.43 Å². The molecule has 0 aromatic heterocycles. The van der Waals surface area contributed by atoms with Crippen LogP contribution in [0.5, 0.6) is 5.75 Å². The van der Waals surface area contributed by atoms with Crippen molar-refractivity contribution in [1.29, 1.82) is 0 Å². The zero-order valence-corrected chi connectivity index (χ0v) is 7.51. The molecule has 0 spiro atoms. The molecule has 1 aromatic rings. The van der Waals surface area contributed by atoms with E-state index in [1.165, 1.54) is 0 Å². The number of ether oxygens (including phenoxy) is 1. The minimum Gasteiger partial charge on any atom is -0.403 e. The van der Waals surface area contributed by atoms with E-state index in [1.807, 2.05) is 5.43 Å². The van der Waals surface area contributed by atoms with E-state index in [2.05, 4.69) is 9.84 Å². The second-order valence-corrected chi connectivity index (χ2v) is 2.51. The molecule has 0 amide bonds. The van der Waals surface area contributed by atoms with Crippen LogP contribution in [0.2, 0.25) is 0 Å². The third-order valence-electron chi connectivity index (χ3n) is 1.39. The van der Waals surface area contributed by atoms with Gasteiger partial charge in [-0.25, -0.2) is 9.18 Å². The molecule has 0 aliphatic heterocycles. The Morgan fingerprint density at radius 1 is 1.38 bits per heavy atom. The number of hydrogen-bond donors (Lipinski definition) is 1. The quantitative estimate of drug-likeness (QED) is 0.379. The Kier molecular flexibility index (Phi) is 3.47. The highest BCUT2D eigenvalue weighted by atomic mass is 19.4. The van der Waals surface area contributed by atoms with Gasteiger partial charge in [-0.1, -0.05) is 5.10 Å². The molecule has 0 unspecified atom stereocenters. The number of halogens is 4. The highest BCUT2D eigenvalue weighted by molar-refractivity contribution is 5.49. The topological polar surface area (TPSA) is 50.7 Å². The molecule has 1 aromatic carbocycles. The number of nitrogens with one attached hydrogen (secondary N) is 1. The fraction of sp³-hybridized carbons (Fsp3) is 0.125. The van der Waals surface area contributed by atoms with Gasteiger partial charge >= 0.3 is 6.36 Å². The molecule has 0 aliphatic carbocycles. The summed E-state index contributed by atoms with van der Waals surface area (Å²) in [6.07, 6.45) is -3.84. The third kappa shape index (κ3) is 3.58. The molecule has 86 valence electrons. The first-order chi connectivity index (χ1) is 7.42. The van der Waals surface area contributed by atoms with Gasteiger partial charge in [-0.3, -0.25) is 5.43 Å². The average Bonchev–Trinajstić information content (AvgIpc) is 2.17. The van der Waals surface area contributed by atoms with Crippen molar-refractivity contribution in [3.8, 4) is 5.75 Å². The molecule has 0 bridgehead atoms. The van der Waals surface area contributed by atoms with Crippen LogP contribution in [0.4, 0.5) is 23.2 Å². The summed E-state index contributed by atoms with van der Waals surface area (Å²) in [7, 11) is 0. The molecule has 0 atom stereocenters. The molecule has 0 heterocycles. The van der Waals surface area contributed by atoms with Crippen LogP contribution in [-0.2, 0) is 4.79 Å². The Hall–Kier alpha value is -2.08. The van der Waals surface area contributed by atoms with E-state index < -0.39 is 17.9 Å². The Balaban J connectivity index is 2.87. The summed E-state index contributed by atoms with van der Waals surface area (Å²) in [5.41, 5.74) is 2.05. The van der Waals surface area contributed by atoms with Crippen LogP contribution < -0.4 is 10.2 Å². The lowest BCUT2D eigenvalue weighted by atomic mass is 10.3. The summed E-state index contributed by atoms with van der Waals surface area (Å²) in [4.78, 5) is 9.70. The number of hydrazone groups is 1. The van der Waals surface area contributed by atoms with Crippen LogP contribution in [0, 0.1) is 5.82 Å². The van der Waals surface area contributed by atoms with Crippen LogP contribution in [0.1, 0.15) is 0 Å². The molecule has 0 aliphatic rings. The summed E-state index contributed by atoms with van der Waals surface area (Å²) in [5.74, 6) is -2.20. The zero-order chi connectivity index (χ0) is 12.2. The van der Waals surface area contributed by atoms with Crippen molar-refractivity contribution in [2.24, 2.45) is 5.10 Å². The lowest BCUT2D eigenvalue weighted by molar-refractivity contribution is -0.275. The van der Waals surface area contributed by atoms with E-state index in [1.54, 1.807) is 0 Å². The number of isocyanates is 1. The largest absolute Gasteiger partial charge is 0.573 e. The van der Waals surface area contributed by atoms with Gasteiger partial charge in [-0.2, -0.15) is 0 Å². The SMILES string of the molecule is O=C=NNc1ccc(OC(F)(F)F)c(F)c1. The number of rotatable bonds is 3. The maximum Gasteiger partial charge on any atom is 0.573 e. The number of alkyl halides is 3. The van der Waals surface area contributed by atoms with E-state index in [0.717, 1.165) is 18.2 Å². The van der Waals surface area contributed by atoms with E-state index >= 15 is 0 Å². The summed E-state index contributed by atoms with van der Waals surface area (Å²) in [6, 6.07) is 2.51. The van der Waals surface area contributed by atoms with Gasteiger partial charge in [0.05, 0.1) is 5.69 Å². The molecule has 1 rings (SSSR count).